The van der Waals surface area contributed by atoms with Gasteiger partial charge in [-0.1, -0.05) is 108 Å². The predicted molar refractivity (Wildman–Crippen MR) is 124 cm³/mol. The fourth-order valence-corrected chi connectivity index (χ4v) is 4.22. The van der Waals surface area contributed by atoms with Crippen LogP contribution in [0.1, 0.15) is 11.1 Å². The maximum absolute atomic E-state index is 2.25. The van der Waals surface area contributed by atoms with E-state index in [9.17, 15) is 0 Å². The first-order valence-electron chi connectivity index (χ1n) is 9.80. The minimum atomic E-state index is 1.33. The molecule has 0 saturated carbocycles. The maximum Gasteiger partial charge on any atom is -0.00264 e. The van der Waals surface area contributed by atoms with Crippen LogP contribution in [0.4, 0.5) is 0 Å². The third-order valence-electron chi connectivity index (χ3n) is 5.61. The zero-order valence-corrected chi connectivity index (χ0v) is 16.2. The molecule has 134 valence electrons. The van der Waals surface area contributed by atoms with Crippen LogP contribution >= 0.6 is 0 Å². The van der Waals surface area contributed by atoms with Gasteiger partial charge in [0.2, 0.25) is 0 Å². The summed E-state index contributed by atoms with van der Waals surface area (Å²) in [5.74, 6) is 0. The molecule has 0 atom stereocenters. The molecule has 0 unspecified atom stereocenters. The fraction of sp³-hybridized carbons (Fsp3) is 0.0714. The first-order valence-corrected chi connectivity index (χ1v) is 9.80. The van der Waals surface area contributed by atoms with Crippen LogP contribution in [-0.4, -0.2) is 0 Å². The fourth-order valence-electron chi connectivity index (χ4n) is 4.22. The van der Waals surface area contributed by atoms with Crippen molar-refractivity contribution in [3.05, 3.63) is 108 Å². The Morgan fingerprint density at radius 1 is 0.357 bits per heavy atom. The molecule has 0 amide bonds. The van der Waals surface area contributed by atoms with E-state index in [1.165, 1.54) is 54.2 Å². The van der Waals surface area contributed by atoms with Gasteiger partial charge in [0, 0.05) is 0 Å². The van der Waals surface area contributed by atoms with E-state index in [1.807, 2.05) is 0 Å². The average Bonchev–Trinajstić information content (AvgIpc) is 2.74. The van der Waals surface area contributed by atoms with Gasteiger partial charge >= 0.3 is 0 Å². The lowest BCUT2D eigenvalue weighted by atomic mass is 9.90. The van der Waals surface area contributed by atoms with Gasteiger partial charge in [-0.05, 0) is 56.9 Å². The molecule has 6 rings (SSSR count). The molecule has 0 aliphatic carbocycles. The van der Waals surface area contributed by atoms with E-state index in [0.717, 1.165) is 0 Å². The second-order valence-corrected chi connectivity index (χ2v) is 7.57. The van der Waals surface area contributed by atoms with Gasteiger partial charge in [0.25, 0.3) is 0 Å². The van der Waals surface area contributed by atoms with Crippen molar-refractivity contribution >= 4 is 43.1 Å². The van der Waals surface area contributed by atoms with E-state index in [0.29, 0.717) is 0 Å². The Labute approximate surface area is 165 Å². The van der Waals surface area contributed by atoms with Crippen molar-refractivity contribution in [1.82, 2.24) is 0 Å². The van der Waals surface area contributed by atoms with Crippen molar-refractivity contribution in [3.63, 3.8) is 0 Å². The van der Waals surface area contributed by atoms with Crippen LogP contribution in [0, 0.1) is 13.8 Å². The average molecular weight is 358 g/mol. The summed E-state index contributed by atoms with van der Waals surface area (Å²) in [6.07, 6.45) is 0. The molecule has 28 heavy (non-hydrogen) atoms. The van der Waals surface area contributed by atoms with Crippen molar-refractivity contribution in [2.75, 3.05) is 0 Å². The highest BCUT2D eigenvalue weighted by Crippen LogP contribution is 2.39. The standard InChI is InChI=1S/C20H12.C8H10/c1-5-13-6-2-11-17-18-12-4-8-14-7-3-10-16(20(14)18)15(9-1)19(13)17;1-7-3-5-8(2)6-4-7/h1-12H;3-6H,1-2H3. The van der Waals surface area contributed by atoms with Gasteiger partial charge in [0.15, 0.2) is 0 Å². The van der Waals surface area contributed by atoms with Gasteiger partial charge in [0.1, 0.15) is 0 Å². The van der Waals surface area contributed by atoms with Crippen molar-refractivity contribution in [3.8, 4) is 0 Å². The summed E-state index contributed by atoms with van der Waals surface area (Å²) in [5, 5.41) is 10.9. The zero-order valence-electron chi connectivity index (χ0n) is 16.2. The normalized spacial score (nSPS) is 11.2. The van der Waals surface area contributed by atoms with Crippen molar-refractivity contribution in [2.24, 2.45) is 0 Å². The molecular formula is C28H22. The topological polar surface area (TPSA) is 0 Å². The van der Waals surface area contributed by atoms with Crippen LogP contribution < -0.4 is 0 Å². The van der Waals surface area contributed by atoms with Crippen LogP contribution in [0.5, 0.6) is 0 Å². The summed E-state index contributed by atoms with van der Waals surface area (Å²) in [7, 11) is 0. The molecule has 6 aromatic carbocycles. The summed E-state index contributed by atoms with van der Waals surface area (Å²) >= 11 is 0. The molecule has 0 fully saturated rings. The van der Waals surface area contributed by atoms with E-state index in [-0.39, 0.29) is 0 Å². The predicted octanol–water partition coefficient (Wildman–Crippen LogP) is 8.04. The summed E-state index contributed by atoms with van der Waals surface area (Å²) in [5.41, 5.74) is 2.66. The second-order valence-electron chi connectivity index (χ2n) is 7.57. The molecular weight excluding hydrogens is 336 g/mol. The minimum Gasteiger partial charge on any atom is -0.0610 e. The van der Waals surface area contributed by atoms with E-state index in [4.69, 9.17) is 0 Å². The lowest BCUT2D eigenvalue weighted by Gasteiger charge is -2.13. The van der Waals surface area contributed by atoms with Gasteiger partial charge in [-0.15, -0.1) is 0 Å². The molecule has 0 N–H and O–H groups in total. The van der Waals surface area contributed by atoms with E-state index in [2.05, 4.69) is 111 Å². The van der Waals surface area contributed by atoms with E-state index >= 15 is 0 Å². The Morgan fingerprint density at radius 2 is 0.643 bits per heavy atom. The van der Waals surface area contributed by atoms with E-state index in [1.54, 1.807) is 0 Å². The number of benzene rings is 6. The molecule has 0 nitrogen and oxygen atoms in total. The SMILES string of the molecule is Cc1ccc(C)cc1.c1cc2cccc3c4cccc5cccc(c(c1)c23)c54. The van der Waals surface area contributed by atoms with Crippen LogP contribution in [0.15, 0.2) is 97.1 Å². The largest absolute Gasteiger partial charge is 0.0610 e. The maximum atomic E-state index is 2.25. The molecule has 0 saturated heterocycles. The molecule has 0 aliphatic heterocycles. The van der Waals surface area contributed by atoms with Gasteiger partial charge in [0.05, 0.1) is 0 Å². The molecule has 0 aromatic heterocycles. The highest BCUT2D eigenvalue weighted by molar-refractivity contribution is 6.32. The molecule has 6 aromatic rings. The number of fused-ring (bicyclic) bond motifs is 2. The van der Waals surface area contributed by atoms with E-state index < -0.39 is 0 Å². The van der Waals surface area contributed by atoms with Crippen molar-refractivity contribution in [2.45, 2.75) is 13.8 Å². The molecule has 0 radical (unpaired) electrons. The highest BCUT2D eigenvalue weighted by atomic mass is 14.1. The minimum absolute atomic E-state index is 1.33. The summed E-state index contributed by atoms with van der Waals surface area (Å²) in [6.45, 7) is 4.19. The van der Waals surface area contributed by atoms with Crippen LogP contribution in [0.2, 0.25) is 0 Å². The molecule has 0 spiro atoms. The molecule has 0 heteroatoms. The molecule has 0 bridgehead atoms. The Balaban J connectivity index is 0.000000181. The zero-order chi connectivity index (χ0) is 19.1. The summed E-state index contributed by atoms with van der Waals surface area (Å²) in [4.78, 5) is 0. The summed E-state index contributed by atoms with van der Waals surface area (Å²) in [6, 6.07) is 34.9. The number of rotatable bonds is 0. The third-order valence-corrected chi connectivity index (χ3v) is 5.61. The lowest BCUT2D eigenvalue weighted by molar-refractivity contribution is 1.40. The van der Waals surface area contributed by atoms with Gasteiger partial charge in [-0.25, -0.2) is 0 Å². The monoisotopic (exact) mass is 358 g/mol. The first kappa shape index (κ1) is 16.8. The lowest BCUT2D eigenvalue weighted by Crippen LogP contribution is -1.85. The number of hydrogen-bond acceptors (Lipinski definition) is 0. The number of aryl methyl sites for hydroxylation is 2. The third kappa shape index (κ3) is 2.70. The van der Waals surface area contributed by atoms with Gasteiger partial charge in [-0.2, -0.15) is 0 Å². The second kappa shape index (κ2) is 6.65. The van der Waals surface area contributed by atoms with Gasteiger partial charge in [-0.3, -0.25) is 0 Å². The van der Waals surface area contributed by atoms with Gasteiger partial charge < -0.3 is 0 Å². The highest BCUT2D eigenvalue weighted by Gasteiger charge is 2.11. The quantitative estimate of drug-likeness (QED) is 0.190. The smallest absolute Gasteiger partial charge is 0.00264 e. The van der Waals surface area contributed by atoms with Crippen LogP contribution in [0.3, 0.4) is 0 Å². The van der Waals surface area contributed by atoms with Crippen LogP contribution in [-0.2, 0) is 0 Å². The Hall–Kier alpha value is -3.38. The Kier molecular flexibility index (Phi) is 3.98. The number of hydrogen-bond donors (Lipinski definition) is 0. The van der Waals surface area contributed by atoms with Crippen molar-refractivity contribution in [1.29, 1.82) is 0 Å². The van der Waals surface area contributed by atoms with Crippen LogP contribution in [0.25, 0.3) is 43.1 Å². The Bertz CT molecular complexity index is 1210. The molecule has 0 aliphatic rings. The summed E-state index contributed by atoms with van der Waals surface area (Å²) < 4.78 is 0. The Morgan fingerprint density at radius 3 is 0.929 bits per heavy atom. The first-order chi connectivity index (χ1) is 13.7. The van der Waals surface area contributed by atoms with Crippen molar-refractivity contribution < 1.29 is 0 Å². The molecule has 0 heterocycles.